The maximum atomic E-state index is 6.01. The minimum atomic E-state index is 0.371. The molecule has 2 aliphatic rings. The van der Waals surface area contributed by atoms with E-state index in [1.165, 1.54) is 24.8 Å². The Morgan fingerprint density at radius 3 is 2.75 bits per heavy atom. The van der Waals surface area contributed by atoms with E-state index in [2.05, 4.69) is 27.0 Å². The zero-order valence-electron chi connectivity index (χ0n) is 9.32. The third kappa shape index (κ3) is 1.91. The van der Waals surface area contributed by atoms with Crippen molar-refractivity contribution in [3.8, 4) is 0 Å². The van der Waals surface area contributed by atoms with E-state index in [4.69, 9.17) is 5.73 Å². The van der Waals surface area contributed by atoms with Crippen LogP contribution in [-0.4, -0.2) is 11.5 Å². The SMILES string of the molecule is NCC1(Cc2cncc(Br)c2)CC2CC2C1. The Kier molecular flexibility index (Phi) is 2.55. The lowest BCUT2D eigenvalue weighted by Crippen LogP contribution is -2.31. The zero-order valence-corrected chi connectivity index (χ0v) is 10.9. The molecule has 0 radical (unpaired) electrons. The first-order chi connectivity index (χ1) is 7.71. The van der Waals surface area contributed by atoms with Gasteiger partial charge in [0, 0.05) is 16.9 Å². The predicted molar refractivity (Wildman–Crippen MR) is 68.0 cm³/mol. The van der Waals surface area contributed by atoms with Gasteiger partial charge in [-0.05, 0) is 77.0 Å². The topological polar surface area (TPSA) is 38.9 Å². The molecular formula is C13H17BrN2. The molecule has 0 aromatic carbocycles. The van der Waals surface area contributed by atoms with Gasteiger partial charge < -0.3 is 5.73 Å². The monoisotopic (exact) mass is 280 g/mol. The molecule has 3 rings (SSSR count). The van der Waals surface area contributed by atoms with Crippen molar-refractivity contribution in [2.75, 3.05) is 6.54 Å². The van der Waals surface area contributed by atoms with Gasteiger partial charge in [0.1, 0.15) is 0 Å². The molecule has 16 heavy (non-hydrogen) atoms. The number of nitrogens with two attached hydrogens (primary N) is 1. The number of pyridine rings is 1. The van der Waals surface area contributed by atoms with Gasteiger partial charge in [-0.3, -0.25) is 4.98 Å². The normalized spacial score (nSPS) is 36.1. The first kappa shape index (κ1) is 10.7. The maximum absolute atomic E-state index is 6.01. The van der Waals surface area contributed by atoms with Crippen LogP contribution in [0.3, 0.4) is 0 Å². The van der Waals surface area contributed by atoms with Crippen LogP contribution in [-0.2, 0) is 6.42 Å². The fourth-order valence-electron chi connectivity index (χ4n) is 3.37. The van der Waals surface area contributed by atoms with Crippen molar-refractivity contribution in [2.24, 2.45) is 23.0 Å². The molecule has 2 unspecified atom stereocenters. The smallest absolute Gasteiger partial charge is 0.0410 e. The summed E-state index contributed by atoms with van der Waals surface area (Å²) in [6.45, 7) is 0.826. The van der Waals surface area contributed by atoms with Gasteiger partial charge in [0.05, 0.1) is 0 Å². The molecule has 2 N–H and O–H groups in total. The summed E-state index contributed by atoms with van der Waals surface area (Å²) in [5.41, 5.74) is 7.70. The Morgan fingerprint density at radius 1 is 1.38 bits per heavy atom. The van der Waals surface area contributed by atoms with Gasteiger partial charge in [-0.25, -0.2) is 0 Å². The molecule has 2 atom stereocenters. The molecule has 2 nitrogen and oxygen atoms in total. The molecular weight excluding hydrogens is 264 g/mol. The van der Waals surface area contributed by atoms with E-state index in [9.17, 15) is 0 Å². The molecule has 2 aliphatic carbocycles. The summed E-state index contributed by atoms with van der Waals surface area (Å²) in [4.78, 5) is 4.23. The fraction of sp³-hybridized carbons (Fsp3) is 0.615. The summed E-state index contributed by atoms with van der Waals surface area (Å²) in [6.07, 6.45) is 9.04. The fourth-order valence-corrected chi connectivity index (χ4v) is 3.79. The Bertz CT molecular complexity index is 395. The molecule has 1 aromatic heterocycles. The summed E-state index contributed by atoms with van der Waals surface area (Å²) in [7, 11) is 0. The predicted octanol–water partition coefficient (Wildman–Crippen LogP) is 2.76. The number of rotatable bonds is 3. The summed E-state index contributed by atoms with van der Waals surface area (Å²) >= 11 is 3.48. The molecule has 3 heteroatoms. The van der Waals surface area contributed by atoms with Crippen molar-refractivity contribution in [1.29, 1.82) is 0 Å². The second-order valence-electron chi connectivity index (χ2n) is 5.56. The van der Waals surface area contributed by atoms with Crippen LogP contribution < -0.4 is 5.73 Å². The summed E-state index contributed by atoms with van der Waals surface area (Å²) < 4.78 is 1.07. The average molecular weight is 281 g/mol. The molecule has 0 spiro atoms. The van der Waals surface area contributed by atoms with Crippen LogP contribution in [0.2, 0.25) is 0 Å². The highest BCUT2D eigenvalue weighted by Gasteiger charge is 2.52. The van der Waals surface area contributed by atoms with Crippen molar-refractivity contribution in [3.63, 3.8) is 0 Å². The van der Waals surface area contributed by atoms with Gasteiger partial charge in [0.2, 0.25) is 0 Å². The third-order valence-corrected chi connectivity index (χ3v) is 4.67. The van der Waals surface area contributed by atoms with E-state index in [1.54, 1.807) is 0 Å². The van der Waals surface area contributed by atoms with Crippen LogP contribution in [0.1, 0.15) is 24.8 Å². The lowest BCUT2D eigenvalue weighted by molar-refractivity contribution is 0.272. The van der Waals surface area contributed by atoms with E-state index < -0.39 is 0 Å². The number of nitrogens with zero attached hydrogens (tertiary/aromatic N) is 1. The molecule has 2 saturated carbocycles. The Hall–Kier alpha value is -0.410. The van der Waals surface area contributed by atoms with E-state index in [0.717, 1.165) is 29.3 Å². The third-order valence-electron chi connectivity index (χ3n) is 4.23. The summed E-state index contributed by atoms with van der Waals surface area (Å²) in [6, 6.07) is 2.17. The molecule has 1 aromatic rings. The van der Waals surface area contributed by atoms with Crippen LogP contribution in [0.25, 0.3) is 0 Å². The van der Waals surface area contributed by atoms with Crippen molar-refractivity contribution in [2.45, 2.75) is 25.7 Å². The molecule has 0 saturated heterocycles. The van der Waals surface area contributed by atoms with Crippen LogP contribution in [0.4, 0.5) is 0 Å². The van der Waals surface area contributed by atoms with E-state index in [1.807, 2.05) is 12.4 Å². The minimum absolute atomic E-state index is 0.371. The highest BCUT2D eigenvalue weighted by atomic mass is 79.9. The molecule has 86 valence electrons. The lowest BCUT2D eigenvalue weighted by atomic mass is 9.78. The number of fused-ring (bicyclic) bond motifs is 1. The molecule has 1 heterocycles. The number of halogens is 1. The van der Waals surface area contributed by atoms with Crippen molar-refractivity contribution >= 4 is 15.9 Å². The molecule has 0 aliphatic heterocycles. The van der Waals surface area contributed by atoms with Crippen LogP contribution >= 0.6 is 15.9 Å². The zero-order chi connectivity index (χ0) is 11.2. The summed E-state index contributed by atoms with van der Waals surface area (Å²) in [5, 5.41) is 0. The highest BCUT2D eigenvalue weighted by Crippen LogP contribution is 2.60. The quantitative estimate of drug-likeness (QED) is 0.925. The standard InChI is InChI=1S/C13H17BrN2/c14-12-1-9(6-16-7-12)3-13(8-15)4-10-2-11(10)5-13/h1,6-7,10-11H,2-5,8,15H2. The number of aromatic nitrogens is 1. The second kappa shape index (κ2) is 3.81. The van der Waals surface area contributed by atoms with Crippen molar-refractivity contribution in [1.82, 2.24) is 4.98 Å². The van der Waals surface area contributed by atoms with Gasteiger partial charge >= 0.3 is 0 Å². The average Bonchev–Trinajstić information content (AvgIpc) is 2.87. The molecule has 0 bridgehead atoms. The van der Waals surface area contributed by atoms with Crippen LogP contribution in [0, 0.1) is 17.3 Å². The van der Waals surface area contributed by atoms with Crippen molar-refractivity contribution in [3.05, 3.63) is 28.5 Å². The Labute approximate surface area is 105 Å². The second-order valence-corrected chi connectivity index (χ2v) is 6.47. The van der Waals surface area contributed by atoms with Gasteiger partial charge in [-0.15, -0.1) is 0 Å². The highest BCUT2D eigenvalue weighted by molar-refractivity contribution is 9.10. The van der Waals surface area contributed by atoms with E-state index in [-0.39, 0.29) is 0 Å². The van der Waals surface area contributed by atoms with Crippen molar-refractivity contribution < 1.29 is 0 Å². The lowest BCUT2D eigenvalue weighted by Gasteiger charge is -2.29. The van der Waals surface area contributed by atoms with E-state index in [0.29, 0.717) is 5.41 Å². The first-order valence-corrected chi connectivity index (χ1v) is 6.80. The van der Waals surface area contributed by atoms with Gasteiger partial charge in [-0.1, -0.05) is 0 Å². The molecule has 0 amide bonds. The van der Waals surface area contributed by atoms with Gasteiger partial charge in [0.25, 0.3) is 0 Å². The Balaban J connectivity index is 1.77. The van der Waals surface area contributed by atoms with Gasteiger partial charge in [-0.2, -0.15) is 0 Å². The Morgan fingerprint density at radius 2 is 2.12 bits per heavy atom. The van der Waals surface area contributed by atoms with Gasteiger partial charge in [0.15, 0.2) is 0 Å². The van der Waals surface area contributed by atoms with Crippen LogP contribution in [0.15, 0.2) is 22.9 Å². The van der Waals surface area contributed by atoms with Crippen LogP contribution in [0.5, 0.6) is 0 Å². The van der Waals surface area contributed by atoms with E-state index >= 15 is 0 Å². The largest absolute Gasteiger partial charge is 0.330 e. The maximum Gasteiger partial charge on any atom is 0.0410 e. The molecule has 2 fully saturated rings. The number of hydrogen-bond donors (Lipinski definition) is 1. The first-order valence-electron chi connectivity index (χ1n) is 6.00. The number of hydrogen-bond acceptors (Lipinski definition) is 2. The summed E-state index contributed by atoms with van der Waals surface area (Å²) in [5.74, 6) is 1.98. The minimum Gasteiger partial charge on any atom is -0.330 e.